The van der Waals surface area contributed by atoms with Crippen LogP contribution in [0.15, 0.2) is 0 Å². The third kappa shape index (κ3) is 1.03. The van der Waals surface area contributed by atoms with Gasteiger partial charge in [0, 0.05) is 18.2 Å². The Bertz CT molecular complexity index is 73.8. The second kappa shape index (κ2) is 1.31. The van der Waals surface area contributed by atoms with E-state index in [2.05, 4.69) is 0 Å². The molecule has 1 aliphatic carbocycles. The summed E-state index contributed by atoms with van der Waals surface area (Å²) >= 11 is 5.25. The van der Waals surface area contributed by atoms with Crippen molar-refractivity contribution in [1.29, 1.82) is 0 Å². The van der Waals surface area contributed by atoms with Gasteiger partial charge in [0.1, 0.15) is 0 Å². The predicted octanol–water partition coefficient (Wildman–Crippen LogP) is 2.02. The van der Waals surface area contributed by atoms with Crippen molar-refractivity contribution in [2.45, 2.75) is 24.1 Å². The maximum absolute atomic E-state index is 11.7. The third-order valence-corrected chi connectivity index (χ3v) is 1.35. The molecule has 1 aliphatic rings. The first-order valence-corrected chi connectivity index (χ1v) is 2.56. The van der Waals surface area contributed by atoms with Crippen molar-refractivity contribution in [2.75, 3.05) is 0 Å². The van der Waals surface area contributed by atoms with E-state index in [1.165, 1.54) is 0 Å². The molecular formula is C4H5ClF2. The minimum atomic E-state index is -2.44. The van der Waals surface area contributed by atoms with Gasteiger partial charge in [-0.15, -0.1) is 11.6 Å². The number of halogens is 3. The molecule has 0 heterocycles. The molecular weight excluding hydrogens is 121 g/mol. The van der Waals surface area contributed by atoms with Crippen molar-refractivity contribution in [3.8, 4) is 0 Å². The maximum atomic E-state index is 11.7. The van der Waals surface area contributed by atoms with Gasteiger partial charge in [0.25, 0.3) is 5.92 Å². The lowest BCUT2D eigenvalue weighted by molar-refractivity contribution is -0.0683. The molecule has 1 saturated carbocycles. The second-order valence-corrected chi connectivity index (χ2v) is 2.48. The van der Waals surface area contributed by atoms with Crippen LogP contribution in [0.25, 0.3) is 0 Å². The Hall–Kier alpha value is 0.150. The number of hydrogen-bond acceptors (Lipinski definition) is 0. The summed E-state index contributed by atoms with van der Waals surface area (Å²) in [5.41, 5.74) is 0. The Morgan fingerprint density at radius 1 is 1.43 bits per heavy atom. The first-order chi connectivity index (χ1) is 3.10. The minimum absolute atomic E-state index is 0.130. The van der Waals surface area contributed by atoms with Crippen molar-refractivity contribution in [1.82, 2.24) is 0 Å². The van der Waals surface area contributed by atoms with Crippen LogP contribution in [0.1, 0.15) is 12.8 Å². The second-order valence-electron chi connectivity index (χ2n) is 1.86. The summed E-state index contributed by atoms with van der Waals surface area (Å²) in [4.78, 5) is 0. The summed E-state index contributed by atoms with van der Waals surface area (Å²) < 4.78 is 23.4. The molecule has 0 spiro atoms. The standard InChI is InChI=1S/C4H5ClF2/c5-3-1-4(6,7)2-3/h3H,1-2H2. The molecule has 0 radical (unpaired) electrons. The Balaban J connectivity index is 2.29. The van der Waals surface area contributed by atoms with Gasteiger partial charge in [0.15, 0.2) is 0 Å². The van der Waals surface area contributed by atoms with Crippen LogP contribution >= 0.6 is 11.6 Å². The highest BCUT2D eigenvalue weighted by Crippen LogP contribution is 2.40. The number of hydrogen-bond donors (Lipinski definition) is 0. The fourth-order valence-electron chi connectivity index (χ4n) is 0.588. The summed E-state index contributed by atoms with van der Waals surface area (Å²) in [7, 11) is 0. The maximum Gasteiger partial charge on any atom is 0.251 e. The van der Waals surface area contributed by atoms with Crippen molar-refractivity contribution in [2.24, 2.45) is 0 Å². The van der Waals surface area contributed by atoms with Gasteiger partial charge < -0.3 is 0 Å². The van der Waals surface area contributed by atoms with Gasteiger partial charge in [-0.25, -0.2) is 8.78 Å². The average Bonchev–Trinajstić information content (AvgIpc) is 1.27. The van der Waals surface area contributed by atoms with E-state index in [0.717, 1.165) is 0 Å². The van der Waals surface area contributed by atoms with Gasteiger partial charge in [0.05, 0.1) is 0 Å². The lowest BCUT2D eigenvalue weighted by Crippen LogP contribution is -2.35. The molecule has 1 fully saturated rings. The van der Waals surface area contributed by atoms with E-state index >= 15 is 0 Å². The molecule has 0 unspecified atom stereocenters. The monoisotopic (exact) mass is 126 g/mol. The highest BCUT2D eigenvalue weighted by atomic mass is 35.5. The molecule has 0 aromatic heterocycles. The van der Waals surface area contributed by atoms with E-state index in [4.69, 9.17) is 11.6 Å². The Labute approximate surface area is 45.5 Å². The molecule has 0 aromatic rings. The molecule has 7 heavy (non-hydrogen) atoms. The molecule has 0 bridgehead atoms. The average molecular weight is 127 g/mol. The number of rotatable bonds is 0. The van der Waals surface area contributed by atoms with Crippen LogP contribution < -0.4 is 0 Å². The topological polar surface area (TPSA) is 0 Å². The number of alkyl halides is 3. The molecule has 0 aromatic carbocycles. The quantitative estimate of drug-likeness (QED) is 0.436. The first-order valence-electron chi connectivity index (χ1n) is 2.12. The van der Waals surface area contributed by atoms with Crippen LogP contribution in [-0.2, 0) is 0 Å². The lowest BCUT2D eigenvalue weighted by Gasteiger charge is -2.29. The van der Waals surface area contributed by atoms with Crippen LogP contribution in [0.2, 0.25) is 0 Å². The molecule has 0 amide bonds. The van der Waals surface area contributed by atoms with Crippen molar-refractivity contribution < 1.29 is 8.78 Å². The largest absolute Gasteiger partial charge is 0.251 e. The first kappa shape index (κ1) is 5.29. The molecule has 0 atom stereocenters. The molecule has 0 nitrogen and oxygen atoms in total. The lowest BCUT2D eigenvalue weighted by atomic mass is 9.94. The summed E-state index contributed by atoms with van der Waals surface area (Å²) in [6.45, 7) is 0. The van der Waals surface area contributed by atoms with Gasteiger partial charge in [-0.3, -0.25) is 0 Å². The summed E-state index contributed by atoms with van der Waals surface area (Å²) in [5.74, 6) is -2.44. The van der Waals surface area contributed by atoms with Crippen molar-refractivity contribution in [3.05, 3.63) is 0 Å². The summed E-state index contributed by atoms with van der Waals surface area (Å²) in [5, 5.41) is -0.269. The predicted molar refractivity (Wildman–Crippen MR) is 23.8 cm³/mol. The summed E-state index contributed by atoms with van der Waals surface area (Å²) in [6, 6.07) is 0. The van der Waals surface area contributed by atoms with Crippen LogP contribution in [0, 0.1) is 0 Å². The van der Waals surface area contributed by atoms with Crippen LogP contribution in [0.3, 0.4) is 0 Å². The third-order valence-electron chi connectivity index (χ3n) is 1.04. The SMILES string of the molecule is FC1(F)CC(Cl)C1. The van der Waals surface area contributed by atoms with E-state index in [-0.39, 0.29) is 18.2 Å². The van der Waals surface area contributed by atoms with Gasteiger partial charge in [-0.1, -0.05) is 0 Å². The van der Waals surface area contributed by atoms with Gasteiger partial charge in [-0.2, -0.15) is 0 Å². The van der Waals surface area contributed by atoms with E-state index in [1.54, 1.807) is 0 Å². The summed E-state index contributed by atoms with van der Waals surface area (Å²) in [6.07, 6.45) is -0.261. The molecule has 0 saturated heterocycles. The van der Waals surface area contributed by atoms with Crippen molar-refractivity contribution >= 4 is 11.6 Å². The van der Waals surface area contributed by atoms with Gasteiger partial charge >= 0.3 is 0 Å². The van der Waals surface area contributed by atoms with Crippen molar-refractivity contribution in [3.63, 3.8) is 0 Å². The molecule has 42 valence electrons. The van der Waals surface area contributed by atoms with E-state index in [1.807, 2.05) is 0 Å². The van der Waals surface area contributed by atoms with Gasteiger partial charge in [0.2, 0.25) is 0 Å². The minimum Gasteiger partial charge on any atom is -0.207 e. The van der Waals surface area contributed by atoms with Gasteiger partial charge in [-0.05, 0) is 0 Å². The van der Waals surface area contributed by atoms with E-state index in [9.17, 15) is 8.78 Å². The van der Waals surface area contributed by atoms with Crippen LogP contribution in [0.4, 0.5) is 8.78 Å². The van der Waals surface area contributed by atoms with E-state index < -0.39 is 5.92 Å². The highest BCUT2D eigenvalue weighted by molar-refractivity contribution is 6.21. The van der Waals surface area contributed by atoms with Crippen LogP contribution in [0.5, 0.6) is 0 Å². The normalized spacial score (nSPS) is 29.6. The highest BCUT2D eigenvalue weighted by Gasteiger charge is 2.44. The fraction of sp³-hybridized carbons (Fsp3) is 1.00. The smallest absolute Gasteiger partial charge is 0.207 e. The zero-order valence-electron chi connectivity index (χ0n) is 3.63. The Morgan fingerprint density at radius 3 is 1.86 bits per heavy atom. The molecule has 0 aliphatic heterocycles. The zero-order chi connectivity index (χ0) is 5.49. The fourth-order valence-corrected chi connectivity index (χ4v) is 1.04. The Morgan fingerprint density at radius 2 is 1.86 bits per heavy atom. The molecule has 3 heteroatoms. The Kier molecular flexibility index (Phi) is 0.991. The zero-order valence-corrected chi connectivity index (χ0v) is 4.38. The van der Waals surface area contributed by atoms with Crippen LogP contribution in [-0.4, -0.2) is 11.3 Å². The molecule has 0 N–H and O–H groups in total. The van der Waals surface area contributed by atoms with E-state index in [0.29, 0.717) is 0 Å². The molecule has 1 rings (SSSR count).